The minimum Gasteiger partial charge on any atom is -0.464 e. The second kappa shape index (κ2) is 13.1. The average molecular weight is 593 g/mol. The Balaban J connectivity index is 1.68. The van der Waals surface area contributed by atoms with Crippen LogP contribution in [0.15, 0.2) is 121 Å². The van der Waals surface area contributed by atoms with Gasteiger partial charge in [0.05, 0.1) is 18.2 Å². The Kier molecular flexibility index (Phi) is 9.31. The van der Waals surface area contributed by atoms with Crippen LogP contribution in [0.25, 0.3) is 10.8 Å². The summed E-state index contributed by atoms with van der Waals surface area (Å²) in [5.74, 6) is -0.449. The van der Waals surface area contributed by atoms with Crippen LogP contribution in [0.4, 0.5) is 0 Å². The van der Waals surface area contributed by atoms with Gasteiger partial charge in [0.25, 0.3) is 0 Å². The zero-order chi connectivity index (χ0) is 30.5. The number of halogens is 1. The summed E-state index contributed by atoms with van der Waals surface area (Å²) in [5, 5.41) is 2.52. The van der Waals surface area contributed by atoms with Gasteiger partial charge in [-0.1, -0.05) is 133 Å². The predicted molar refractivity (Wildman–Crippen MR) is 173 cm³/mol. The normalized spacial score (nSPS) is 12.7. The number of esters is 1. The van der Waals surface area contributed by atoms with Crippen molar-refractivity contribution in [2.24, 2.45) is 0 Å². The molecule has 0 aliphatic heterocycles. The minimum absolute atomic E-state index is 0.0976. The number of hydrogen-bond donors (Lipinski definition) is 0. The molecule has 220 valence electrons. The van der Waals surface area contributed by atoms with Crippen LogP contribution >= 0.6 is 11.6 Å². The van der Waals surface area contributed by atoms with E-state index in [0.29, 0.717) is 5.02 Å². The van der Waals surface area contributed by atoms with Crippen LogP contribution in [0, 0.1) is 6.92 Å². The van der Waals surface area contributed by atoms with Crippen molar-refractivity contribution in [1.29, 1.82) is 0 Å². The van der Waals surface area contributed by atoms with E-state index in [2.05, 4.69) is 42.5 Å². The van der Waals surface area contributed by atoms with E-state index < -0.39 is 23.3 Å². The van der Waals surface area contributed by atoms with E-state index in [9.17, 15) is 4.79 Å². The van der Waals surface area contributed by atoms with Crippen molar-refractivity contribution in [3.8, 4) is 0 Å². The molecule has 1 atom stereocenters. The molecule has 0 bridgehead atoms. The number of benzene rings is 5. The zero-order valence-corrected chi connectivity index (χ0v) is 25.8. The fourth-order valence-electron chi connectivity index (χ4n) is 5.70. The third kappa shape index (κ3) is 6.23. The molecule has 4 nitrogen and oxygen atoms in total. The molecule has 0 aliphatic rings. The van der Waals surface area contributed by atoms with Crippen molar-refractivity contribution >= 4 is 28.3 Å². The second-order valence-electron chi connectivity index (χ2n) is 11.1. The lowest BCUT2D eigenvalue weighted by molar-refractivity contribution is -0.181. The number of carbonyl (C=O) groups excluding carboxylic acids is 1. The van der Waals surface area contributed by atoms with Crippen LogP contribution in [0.5, 0.6) is 0 Å². The molecule has 5 rings (SSSR count). The summed E-state index contributed by atoms with van der Waals surface area (Å²) in [6, 6.07) is 40.6. The van der Waals surface area contributed by atoms with Gasteiger partial charge in [0.15, 0.2) is 5.60 Å². The molecule has 5 heteroatoms. The van der Waals surface area contributed by atoms with Gasteiger partial charge in [-0.3, -0.25) is 0 Å². The van der Waals surface area contributed by atoms with E-state index in [-0.39, 0.29) is 13.2 Å². The first-order valence-electron chi connectivity index (χ1n) is 14.6. The Bertz CT molecular complexity index is 1570. The van der Waals surface area contributed by atoms with Gasteiger partial charge in [-0.15, -0.1) is 0 Å². The van der Waals surface area contributed by atoms with Gasteiger partial charge in [-0.2, -0.15) is 0 Å². The maximum Gasteiger partial charge on any atom is 0.337 e. The highest BCUT2D eigenvalue weighted by Crippen LogP contribution is 2.43. The fourth-order valence-corrected chi connectivity index (χ4v) is 6.14. The van der Waals surface area contributed by atoms with Gasteiger partial charge in [0, 0.05) is 10.9 Å². The van der Waals surface area contributed by atoms with E-state index in [1.165, 1.54) is 0 Å². The van der Waals surface area contributed by atoms with Gasteiger partial charge in [-0.25, -0.2) is 4.79 Å². The number of aryl methyl sites for hydroxylation is 1. The summed E-state index contributed by atoms with van der Waals surface area (Å²) in [6.07, 6.45) is -0.702. The van der Waals surface area contributed by atoms with Crippen molar-refractivity contribution in [2.75, 3.05) is 13.2 Å². The van der Waals surface area contributed by atoms with Crippen molar-refractivity contribution in [3.63, 3.8) is 0 Å². The molecule has 0 amide bonds. The zero-order valence-electron chi connectivity index (χ0n) is 25.0. The summed E-state index contributed by atoms with van der Waals surface area (Å²) in [6.45, 7) is 7.59. The lowest BCUT2D eigenvalue weighted by atomic mass is 9.80. The Morgan fingerprint density at radius 1 is 0.767 bits per heavy atom. The summed E-state index contributed by atoms with van der Waals surface area (Å²) in [4.78, 5) is 13.1. The molecule has 0 spiro atoms. The third-order valence-electron chi connectivity index (χ3n) is 7.75. The topological polar surface area (TPSA) is 44.8 Å². The van der Waals surface area contributed by atoms with Gasteiger partial charge in [0.2, 0.25) is 0 Å². The van der Waals surface area contributed by atoms with Crippen LogP contribution in [0.2, 0.25) is 5.02 Å². The molecule has 1 unspecified atom stereocenters. The lowest BCUT2D eigenvalue weighted by Gasteiger charge is -2.38. The molecule has 0 saturated carbocycles. The van der Waals surface area contributed by atoms with Crippen molar-refractivity contribution in [1.82, 2.24) is 0 Å². The number of rotatable bonds is 11. The lowest BCUT2D eigenvalue weighted by Crippen LogP contribution is -2.40. The maximum absolute atomic E-state index is 13.1. The van der Waals surface area contributed by atoms with Gasteiger partial charge < -0.3 is 14.2 Å². The van der Waals surface area contributed by atoms with E-state index >= 15 is 0 Å². The first kappa shape index (κ1) is 30.5. The molecule has 0 fully saturated rings. The number of ether oxygens (including phenoxy) is 3. The highest BCUT2D eigenvalue weighted by Gasteiger charge is 2.41. The summed E-state index contributed by atoms with van der Waals surface area (Å²) >= 11 is 7.16. The number of fused-ring (bicyclic) bond motifs is 1. The fraction of sp³-hybridized carbons (Fsp3) is 0.237. The predicted octanol–water partition coefficient (Wildman–Crippen LogP) is 9.21. The maximum atomic E-state index is 13.1. The molecule has 0 saturated heterocycles. The molecular weight excluding hydrogens is 556 g/mol. The first-order valence-corrected chi connectivity index (χ1v) is 15.0. The Morgan fingerprint density at radius 3 is 1.77 bits per heavy atom. The van der Waals surface area contributed by atoms with Crippen LogP contribution in [-0.4, -0.2) is 24.8 Å². The quantitative estimate of drug-likeness (QED) is 0.113. The van der Waals surface area contributed by atoms with E-state index in [1.807, 2.05) is 85.8 Å². The molecule has 5 aromatic rings. The molecule has 43 heavy (non-hydrogen) atoms. The van der Waals surface area contributed by atoms with Crippen molar-refractivity contribution in [3.05, 3.63) is 154 Å². The van der Waals surface area contributed by atoms with Crippen LogP contribution in [-0.2, 0) is 24.6 Å². The molecule has 0 aromatic heterocycles. The van der Waals surface area contributed by atoms with E-state index in [1.54, 1.807) is 20.8 Å². The second-order valence-corrected chi connectivity index (χ2v) is 11.4. The Hall–Kier alpha value is -3.96. The standard InChI is InChI=1S/C38H37ClO4/c1-5-41-36(40)37(3,4)43-33(34-27(2)25-28-17-15-16-24-32(28)35(34)39)26-42-38(29-18-9-6-10-19-29,30-20-11-7-12-21-30)31-22-13-8-14-23-31/h6-25,33H,5,26H2,1-4H3. The smallest absolute Gasteiger partial charge is 0.337 e. The van der Waals surface area contributed by atoms with E-state index in [4.69, 9.17) is 25.8 Å². The highest BCUT2D eigenvalue weighted by atomic mass is 35.5. The third-order valence-corrected chi connectivity index (χ3v) is 8.16. The Morgan fingerprint density at radius 2 is 1.26 bits per heavy atom. The van der Waals surface area contributed by atoms with Crippen LogP contribution < -0.4 is 0 Å². The average Bonchev–Trinajstić information content (AvgIpc) is 3.03. The molecule has 0 heterocycles. The SMILES string of the molecule is CCOC(=O)C(C)(C)OC(COC(c1ccccc1)(c1ccccc1)c1ccccc1)c1c(C)cc2ccccc2c1Cl. The largest absolute Gasteiger partial charge is 0.464 e. The summed E-state index contributed by atoms with van der Waals surface area (Å²) in [7, 11) is 0. The molecule has 5 aromatic carbocycles. The molecule has 0 aliphatic carbocycles. The van der Waals surface area contributed by atoms with Crippen LogP contribution in [0.1, 0.15) is 54.7 Å². The van der Waals surface area contributed by atoms with Gasteiger partial charge in [-0.05, 0) is 55.3 Å². The minimum atomic E-state index is -1.26. The number of carbonyl (C=O) groups is 1. The highest BCUT2D eigenvalue weighted by molar-refractivity contribution is 6.36. The monoisotopic (exact) mass is 592 g/mol. The summed E-state index contributed by atoms with van der Waals surface area (Å²) < 4.78 is 19.2. The van der Waals surface area contributed by atoms with Gasteiger partial charge in [0.1, 0.15) is 11.7 Å². The molecule has 0 N–H and O–H groups in total. The molecule has 0 radical (unpaired) electrons. The number of hydrogen-bond acceptors (Lipinski definition) is 4. The summed E-state index contributed by atoms with van der Waals surface area (Å²) in [5.41, 5.74) is 2.39. The van der Waals surface area contributed by atoms with Crippen LogP contribution in [0.3, 0.4) is 0 Å². The van der Waals surface area contributed by atoms with Gasteiger partial charge >= 0.3 is 5.97 Å². The van der Waals surface area contributed by atoms with Crippen molar-refractivity contribution < 1.29 is 19.0 Å². The first-order chi connectivity index (χ1) is 20.8. The molecular formula is C38H37ClO4. The Labute approximate surface area is 259 Å². The van der Waals surface area contributed by atoms with E-state index in [0.717, 1.165) is 38.6 Å². The van der Waals surface area contributed by atoms with Crippen molar-refractivity contribution in [2.45, 2.75) is 45.0 Å².